The van der Waals surface area contributed by atoms with Gasteiger partial charge in [-0.15, -0.1) is 22.7 Å². The Hall–Kier alpha value is -1.66. The van der Waals surface area contributed by atoms with Crippen molar-refractivity contribution in [2.45, 2.75) is 27.2 Å². The zero-order valence-corrected chi connectivity index (χ0v) is 13.8. The van der Waals surface area contributed by atoms with E-state index in [0.29, 0.717) is 22.0 Å². The van der Waals surface area contributed by atoms with Crippen LogP contribution >= 0.6 is 22.7 Å². The maximum Gasteiger partial charge on any atom is 0.341 e. The van der Waals surface area contributed by atoms with Gasteiger partial charge in [0, 0.05) is 4.88 Å². The number of anilines is 1. The monoisotopic (exact) mass is 323 g/mol. The van der Waals surface area contributed by atoms with E-state index in [2.05, 4.69) is 5.32 Å². The smallest absolute Gasteiger partial charge is 0.341 e. The minimum Gasteiger partial charge on any atom is -0.462 e. The Balaban J connectivity index is 2.25. The molecule has 0 aliphatic carbocycles. The Morgan fingerprint density at radius 3 is 2.71 bits per heavy atom. The normalized spacial score (nSPS) is 10.4. The van der Waals surface area contributed by atoms with Crippen LogP contribution in [0.4, 0.5) is 5.00 Å². The van der Waals surface area contributed by atoms with E-state index < -0.39 is 0 Å². The first kappa shape index (κ1) is 15.7. The van der Waals surface area contributed by atoms with E-state index in [1.54, 1.807) is 6.07 Å². The summed E-state index contributed by atoms with van der Waals surface area (Å²) in [6, 6.07) is 3.57. The van der Waals surface area contributed by atoms with Crippen LogP contribution in [0.15, 0.2) is 17.5 Å². The highest BCUT2D eigenvalue weighted by molar-refractivity contribution is 7.17. The first-order valence-corrected chi connectivity index (χ1v) is 8.36. The van der Waals surface area contributed by atoms with Gasteiger partial charge in [-0.1, -0.05) is 13.0 Å². The lowest BCUT2D eigenvalue weighted by atomic mass is 10.1. The second kappa shape index (κ2) is 6.87. The Bertz CT molecular complexity index is 644. The minimum atomic E-state index is -0.375. The summed E-state index contributed by atoms with van der Waals surface area (Å²) in [5, 5.41) is 5.22. The maximum atomic E-state index is 12.2. The van der Waals surface area contributed by atoms with Crippen molar-refractivity contribution >= 4 is 39.6 Å². The number of esters is 1. The van der Waals surface area contributed by atoms with Crippen LogP contribution in [0.3, 0.4) is 0 Å². The number of carbonyl (C=O) groups is 2. The fourth-order valence-corrected chi connectivity index (χ4v) is 3.46. The lowest BCUT2D eigenvalue weighted by Crippen LogP contribution is -2.14. The van der Waals surface area contributed by atoms with Crippen LogP contribution in [0, 0.1) is 13.8 Å². The third-order valence-corrected chi connectivity index (χ3v) is 4.99. The van der Waals surface area contributed by atoms with E-state index in [4.69, 9.17) is 4.74 Å². The molecule has 2 heterocycles. The summed E-state index contributed by atoms with van der Waals surface area (Å²) >= 11 is 2.77. The largest absolute Gasteiger partial charge is 0.462 e. The van der Waals surface area contributed by atoms with Gasteiger partial charge in [0.2, 0.25) is 0 Å². The summed E-state index contributed by atoms with van der Waals surface area (Å²) in [6.07, 6.45) is 0.769. The first-order chi connectivity index (χ1) is 10.0. The molecule has 0 bridgehead atoms. The second-order valence-electron chi connectivity index (χ2n) is 4.55. The van der Waals surface area contributed by atoms with Gasteiger partial charge in [-0.2, -0.15) is 0 Å². The minimum absolute atomic E-state index is 0.198. The van der Waals surface area contributed by atoms with E-state index >= 15 is 0 Å². The molecular formula is C15H17NO3S2. The van der Waals surface area contributed by atoms with Crippen LogP contribution < -0.4 is 5.32 Å². The molecule has 2 aromatic heterocycles. The molecule has 0 aliphatic rings. The fraction of sp³-hybridized carbons (Fsp3) is 0.333. The van der Waals surface area contributed by atoms with Gasteiger partial charge >= 0.3 is 5.97 Å². The molecule has 1 amide bonds. The Labute approximate surface area is 131 Å². The Morgan fingerprint density at radius 1 is 1.33 bits per heavy atom. The second-order valence-corrected chi connectivity index (χ2v) is 6.73. The number of carbonyl (C=O) groups excluding carboxylic acids is 2. The van der Waals surface area contributed by atoms with Gasteiger partial charge in [-0.3, -0.25) is 4.79 Å². The standard InChI is InChI=1S/C15H17NO3S2/c1-4-7-19-15(18)12-9(2)10(3)21-14(12)16-13(17)11-6-5-8-20-11/h5-6,8H,4,7H2,1-3H3,(H,16,17). The number of hydrogen-bond acceptors (Lipinski definition) is 5. The predicted molar refractivity (Wildman–Crippen MR) is 86.6 cm³/mol. The average molecular weight is 323 g/mol. The van der Waals surface area contributed by atoms with Gasteiger partial charge in [0.05, 0.1) is 17.0 Å². The molecule has 21 heavy (non-hydrogen) atoms. The Kier molecular flexibility index (Phi) is 5.14. The number of hydrogen-bond donors (Lipinski definition) is 1. The van der Waals surface area contributed by atoms with Crippen LogP contribution in [0.5, 0.6) is 0 Å². The molecule has 0 aliphatic heterocycles. The SMILES string of the molecule is CCCOC(=O)c1c(NC(=O)c2cccs2)sc(C)c1C. The van der Waals surface area contributed by atoms with Crippen molar-refractivity contribution in [2.24, 2.45) is 0 Å². The predicted octanol–water partition coefficient (Wildman–Crippen LogP) is 4.25. The highest BCUT2D eigenvalue weighted by Gasteiger charge is 2.22. The number of thiophene rings is 2. The van der Waals surface area contributed by atoms with Crippen molar-refractivity contribution in [1.29, 1.82) is 0 Å². The number of aryl methyl sites for hydroxylation is 1. The molecule has 4 nitrogen and oxygen atoms in total. The molecule has 0 saturated carbocycles. The zero-order chi connectivity index (χ0) is 15.4. The molecule has 0 fully saturated rings. The molecule has 1 N–H and O–H groups in total. The molecule has 2 aromatic rings. The fourth-order valence-electron chi connectivity index (χ4n) is 1.80. The molecule has 0 spiro atoms. The van der Waals surface area contributed by atoms with E-state index in [1.165, 1.54) is 22.7 Å². The van der Waals surface area contributed by atoms with Gasteiger partial charge in [-0.25, -0.2) is 4.79 Å². The molecule has 0 atom stereocenters. The summed E-state index contributed by atoms with van der Waals surface area (Å²) < 4.78 is 5.20. The summed E-state index contributed by atoms with van der Waals surface area (Å²) in [5.41, 5.74) is 1.33. The lowest BCUT2D eigenvalue weighted by molar-refractivity contribution is 0.0506. The molecule has 6 heteroatoms. The van der Waals surface area contributed by atoms with Gasteiger partial charge in [-0.05, 0) is 37.3 Å². The van der Waals surface area contributed by atoms with Crippen molar-refractivity contribution in [3.63, 3.8) is 0 Å². The zero-order valence-electron chi connectivity index (χ0n) is 12.2. The summed E-state index contributed by atoms with van der Waals surface area (Å²) in [7, 11) is 0. The van der Waals surface area contributed by atoms with E-state index in [1.807, 2.05) is 32.2 Å². The van der Waals surface area contributed by atoms with Gasteiger partial charge in [0.15, 0.2) is 0 Å². The van der Waals surface area contributed by atoms with Crippen molar-refractivity contribution < 1.29 is 14.3 Å². The number of nitrogens with one attached hydrogen (secondary N) is 1. The lowest BCUT2D eigenvalue weighted by Gasteiger charge is -2.07. The van der Waals surface area contributed by atoms with Crippen LogP contribution in [-0.2, 0) is 4.74 Å². The van der Waals surface area contributed by atoms with E-state index in [0.717, 1.165) is 16.9 Å². The average Bonchev–Trinajstić information content (AvgIpc) is 3.06. The van der Waals surface area contributed by atoms with Crippen molar-refractivity contribution in [2.75, 3.05) is 11.9 Å². The molecule has 2 rings (SSSR count). The molecule has 0 radical (unpaired) electrons. The van der Waals surface area contributed by atoms with Crippen LogP contribution in [0.25, 0.3) is 0 Å². The van der Waals surface area contributed by atoms with Crippen LogP contribution in [0.1, 0.15) is 43.8 Å². The molecule has 0 saturated heterocycles. The first-order valence-electron chi connectivity index (χ1n) is 6.66. The highest BCUT2D eigenvalue weighted by atomic mass is 32.1. The number of amides is 1. The number of ether oxygens (including phenoxy) is 1. The summed E-state index contributed by atoms with van der Waals surface area (Å²) in [4.78, 5) is 25.9. The quantitative estimate of drug-likeness (QED) is 0.837. The van der Waals surface area contributed by atoms with Crippen molar-refractivity contribution in [1.82, 2.24) is 0 Å². The molecule has 0 aromatic carbocycles. The van der Waals surface area contributed by atoms with Gasteiger partial charge < -0.3 is 10.1 Å². The number of rotatable bonds is 5. The molecular weight excluding hydrogens is 306 g/mol. The van der Waals surface area contributed by atoms with Crippen molar-refractivity contribution in [3.05, 3.63) is 38.4 Å². The topological polar surface area (TPSA) is 55.4 Å². The van der Waals surface area contributed by atoms with Crippen LogP contribution in [-0.4, -0.2) is 18.5 Å². The van der Waals surface area contributed by atoms with Gasteiger partial charge in [0.25, 0.3) is 5.91 Å². The van der Waals surface area contributed by atoms with Crippen LogP contribution in [0.2, 0.25) is 0 Å². The third kappa shape index (κ3) is 3.51. The van der Waals surface area contributed by atoms with E-state index in [9.17, 15) is 9.59 Å². The maximum absolute atomic E-state index is 12.2. The Morgan fingerprint density at radius 2 is 2.10 bits per heavy atom. The highest BCUT2D eigenvalue weighted by Crippen LogP contribution is 2.33. The van der Waals surface area contributed by atoms with E-state index in [-0.39, 0.29) is 11.9 Å². The summed E-state index contributed by atoms with van der Waals surface area (Å²) in [5.74, 6) is -0.573. The van der Waals surface area contributed by atoms with Crippen molar-refractivity contribution in [3.8, 4) is 0 Å². The third-order valence-electron chi connectivity index (χ3n) is 3.00. The molecule has 112 valence electrons. The van der Waals surface area contributed by atoms with Gasteiger partial charge in [0.1, 0.15) is 5.00 Å². The molecule has 0 unspecified atom stereocenters. The summed E-state index contributed by atoms with van der Waals surface area (Å²) in [6.45, 7) is 6.12.